The molecule has 7 atom stereocenters. The summed E-state index contributed by atoms with van der Waals surface area (Å²) >= 11 is 0. The van der Waals surface area contributed by atoms with Crippen LogP contribution in [-0.2, 0) is 28.9 Å². The summed E-state index contributed by atoms with van der Waals surface area (Å²) in [6, 6.07) is -0.856. The van der Waals surface area contributed by atoms with Gasteiger partial charge in [0.2, 0.25) is 5.91 Å². The van der Waals surface area contributed by atoms with Crippen molar-refractivity contribution in [1.29, 1.82) is 0 Å². The van der Waals surface area contributed by atoms with Crippen molar-refractivity contribution in [2.24, 2.45) is 0 Å². The maximum absolute atomic E-state index is 13.2. The molecule has 6 N–H and O–H groups in total. The minimum Gasteiger partial charge on any atom is -0.394 e. The molecule has 1 aliphatic rings. The van der Waals surface area contributed by atoms with Crippen LogP contribution in [0.5, 0.6) is 0 Å². The summed E-state index contributed by atoms with van der Waals surface area (Å²) in [4.78, 5) is 13.2. The predicted molar refractivity (Wildman–Crippen MR) is 338 cm³/mol. The van der Waals surface area contributed by atoms with E-state index in [0.717, 1.165) is 51.4 Å². The van der Waals surface area contributed by atoms with Crippen molar-refractivity contribution in [1.82, 2.24) is 5.32 Å². The molecule has 1 saturated heterocycles. The fourth-order valence-corrected chi connectivity index (χ4v) is 12.2. The number of carbonyl (C=O) groups is 1. The van der Waals surface area contributed by atoms with E-state index in [4.69, 9.17) is 9.47 Å². The number of hydrogen-bond acceptors (Lipinski definition) is 10. The fraction of sp³-hybridized carbons (Fsp3) is 0.956. The van der Waals surface area contributed by atoms with Gasteiger partial charge in [0.05, 0.1) is 25.4 Å². The third kappa shape index (κ3) is 49.6. The zero-order valence-electron chi connectivity index (χ0n) is 52.9. The van der Waals surface area contributed by atoms with Crippen LogP contribution in [0.3, 0.4) is 0 Å². The van der Waals surface area contributed by atoms with Crippen LogP contribution in [0.4, 0.5) is 0 Å². The van der Waals surface area contributed by atoms with Crippen molar-refractivity contribution in [2.45, 2.75) is 403 Å². The van der Waals surface area contributed by atoms with Gasteiger partial charge >= 0.3 is 10.4 Å². The number of unbranched alkanes of at least 4 members (excludes halogenated alkanes) is 49. The van der Waals surface area contributed by atoms with Crippen LogP contribution in [0.1, 0.15) is 361 Å². The van der Waals surface area contributed by atoms with Crippen LogP contribution in [0, 0.1) is 0 Å². The maximum Gasteiger partial charge on any atom is 0.397 e. The first kappa shape index (κ1) is 77.9. The molecule has 1 rings (SSSR count). The van der Waals surface area contributed by atoms with Crippen LogP contribution < -0.4 is 5.32 Å². The summed E-state index contributed by atoms with van der Waals surface area (Å²) in [5.41, 5.74) is 0. The van der Waals surface area contributed by atoms with E-state index in [1.807, 2.05) is 0 Å². The monoisotopic (exact) mass is 1170 g/mol. The minimum absolute atomic E-state index is 0.222. The van der Waals surface area contributed by atoms with Crippen molar-refractivity contribution in [3.8, 4) is 0 Å². The number of amides is 1. The Kier molecular flexibility index (Phi) is 55.6. The van der Waals surface area contributed by atoms with E-state index in [1.165, 1.54) is 283 Å². The summed E-state index contributed by atoms with van der Waals surface area (Å²) in [7, 11) is -5.08. The molecule has 12 nitrogen and oxygen atoms in total. The van der Waals surface area contributed by atoms with E-state index in [2.05, 4.69) is 35.5 Å². The molecule has 13 heteroatoms. The molecule has 0 spiro atoms. The summed E-state index contributed by atoms with van der Waals surface area (Å²) in [6.45, 7) is 3.51. The molecule has 482 valence electrons. The smallest absolute Gasteiger partial charge is 0.394 e. The highest BCUT2D eigenvalue weighted by Gasteiger charge is 2.48. The Labute approximate surface area is 500 Å². The van der Waals surface area contributed by atoms with Gasteiger partial charge in [0.25, 0.3) is 0 Å². The number of rotatable bonds is 63. The molecule has 1 amide bonds. The minimum atomic E-state index is -5.08. The first-order valence-corrected chi connectivity index (χ1v) is 36.4. The van der Waals surface area contributed by atoms with Crippen molar-refractivity contribution >= 4 is 16.3 Å². The van der Waals surface area contributed by atoms with Crippen LogP contribution in [0.25, 0.3) is 0 Å². The van der Waals surface area contributed by atoms with E-state index < -0.39 is 59.9 Å². The number of ether oxygens (including phenoxy) is 2. The maximum atomic E-state index is 13.2. The van der Waals surface area contributed by atoms with Gasteiger partial charge < -0.3 is 35.2 Å². The number of carbonyl (C=O) groups excluding carboxylic acids is 1. The zero-order valence-corrected chi connectivity index (χ0v) is 53.7. The second kappa shape index (κ2) is 57.9. The number of hydrogen-bond donors (Lipinski definition) is 6. The van der Waals surface area contributed by atoms with E-state index >= 15 is 0 Å². The number of aliphatic hydroxyl groups excluding tert-OH is 4. The van der Waals surface area contributed by atoms with Crippen molar-refractivity contribution in [2.75, 3.05) is 13.2 Å². The highest BCUT2D eigenvalue weighted by Crippen LogP contribution is 2.27. The molecule has 1 heterocycles. The zero-order chi connectivity index (χ0) is 59.0. The molecule has 81 heavy (non-hydrogen) atoms. The van der Waals surface area contributed by atoms with Gasteiger partial charge in [0.1, 0.15) is 24.4 Å². The molecular weight excluding hydrogens is 1040 g/mol. The van der Waals surface area contributed by atoms with Crippen LogP contribution in [0.15, 0.2) is 12.2 Å². The van der Waals surface area contributed by atoms with Gasteiger partial charge in [-0.1, -0.05) is 328 Å². The van der Waals surface area contributed by atoms with Gasteiger partial charge in [-0.2, -0.15) is 8.42 Å². The lowest BCUT2D eigenvalue weighted by Gasteiger charge is -2.41. The molecule has 0 bridgehead atoms. The normalized spacial score (nSPS) is 18.5. The Morgan fingerprint density at radius 3 is 1.11 bits per heavy atom. The van der Waals surface area contributed by atoms with Gasteiger partial charge in [0, 0.05) is 6.42 Å². The highest BCUT2D eigenvalue weighted by atomic mass is 32.3. The SMILES string of the molecule is CCCCCCCCCCCCCCCCCCCC/C=C\CCCCCCCCCCCCCCCCCCCC(=O)NC(COC1OC(CO)C(O)C(OS(=O)(=O)O)C1O)C(O)CCCCCCCCCCCCCCCCC. The van der Waals surface area contributed by atoms with Gasteiger partial charge in [-0.3, -0.25) is 9.35 Å². The molecule has 0 aromatic heterocycles. The lowest BCUT2D eigenvalue weighted by atomic mass is 9.99. The average Bonchev–Trinajstić information content (AvgIpc) is 3.51. The van der Waals surface area contributed by atoms with Crippen LogP contribution in [-0.4, -0.2) is 95.4 Å². The summed E-state index contributed by atoms with van der Waals surface area (Å²) < 4.78 is 48.0. The quantitative estimate of drug-likeness (QED) is 0.0193. The number of nitrogens with one attached hydrogen (secondary N) is 1. The molecular formula is C68H133NO11S. The first-order chi connectivity index (χ1) is 39.5. The molecule has 0 aromatic rings. The van der Waals surface area contributed by atoms with E-state index in [1.54, 1.807) is 0 Å². The topological polar surface area (TPSA) is 192 Å². The van der Waals surface area contributed by atoms with Gasteiger partial charge in [0.15, 0.2) is 6.29 Å². The molecule has 1 fully saturated rings. The molecule has 0 aromatic carbocycles. The Morgan fingerprint density at radius 2 is 0.790 bits per heavy atom. The number of aliphatic hydroxyl groups is 4. The second-order valence-electron chi connectivity index (χ2n) is 24.8. The summed E-state index contributed by atoms with van der Waals surface area (Å²) in [6.07, 6.45) is 64.2. The predicted octanol–water partition coefficient (Wildman–Crippen LogP) is 18.1. The first-order valence-electron chi connectivity index (χ1n) is 35.1. The van der Waals surface area contributed by atoms with Crippen molar-refractivity contribution < 1.29 is 51.8 Å². The highest BCUT2D eigenvalue weighted by molar-refractivity contribution is 7.80. The van der Waals surface area contributed by atoms with E-state index in [9.17, 15) is 38.2 Å². The van der Waals surface area contributed by atoms with Gasteiger partial charge in [-0.05, 0) is 38.5 Å². The van der Waals surface area contributed by atoms with Crippen molar-refractivity contribution in [3.63, 3.8) is 0 Å². The van der Waals surface area contributed by atoms with Crippen LogP contribution in [0.2, 0.25) is 0 Å². The van der Waals surface area contributed by atoms with Crippen LogP contribution >= 0.6 is 0 Å². The summed E-state index contributed by atoms with van der Waals surface area (Å²) in [5, 5.41) is 45.2. The lowest BCUT2D eigenvalue weighted by Crippen LogP contribution is -2.61. The molecule has 0 aliphatic carbocycles. The molecule has 0 radical (unpaired) electrons. The van der Waals surface area contributed by atoms with Gasteiger partial charge in [-0.25, -0.2) is 4.18 Å². The Bertz CT molecular complexity index is 1470. The second-order valence-corrected chi connectivity index (χ2v) is 25.9. The van der Waals surface area contributed by atoms with Gasteiger partial charge in [-0.15, -0.1) is 0 Å². The fourth-order valence-electron chi connectivity index (χ4n) is 11.7. The van der Waals surface area contributed by atoms with Crippen molar-refractivity contribution in [3.05, 3.63) is 12.2 Å². The van der Waals surface area contributed by atoms with E-state index in [0.29, 0.717) is 12.8 Å². The largest absolute Gasteiger partial charge is 0.397 e. The standard InChI is InChI=1S/C68H133NO11S/c1-3-5-7-9-11-13-15-17-19-20-21-22-23-24-25-26-27-28-29-30-31-32-33-34-35-36-37-38-39-40-41-42-44-46-48-50-52-54-56-58-64(72)69-61(60-78-68-66(74)67(80-81(75,76)77)65(73)63(59-70)79-68)62(71)57-55-53-51-49-47-45-43-18-16-14-12-10-8-6-4-2/h30-31,61-63,65-68,70-71,73-74H,3-29,32-60H2,1-2H3,(H,69,72)(H,75,76,77)/b31-30-. The third-order valence-corrected chi connectivity index (χ3v) is 17.5. The Balaban J connectivity index is 2.12. The third-order valence-electron chi connectivity index (χ3n) is 17.1. The molecule has 1 aliphatic heterocycles. The Morgan fingerprint density at radius 1 is 0.481 bits per heavy atom. The Hall–Kier alpha value is -1.16. The lowest BCUT2D eigenvalue weighted by molar-refractivity contribution is -0.298. The average molecular weight is 1170 g/mol. The molecule has 0 saturated carbocycles. The summed E-state index contributed by atoms with van der Waals surface area (Å²) in [5.74, 6) is -0.222. The number of allylic oxidation sites excluding steroid dienone is 2. The molecule has 7 unspecified atom stereocenters. The van der Waals surface area contributed by atoms with E-state index in [-0.39, 0.29) is 12.5 Å².